The maximum Gasteiger partial charge on any atom is 0.257 e. The molecule has 0 unspecified atom stereocenters. The summed E-state index contributed by atoms with van der Waals surface area (Å²) in [6.45, 7) is 4.55. The molecule has 4 aromatic rings. The molecule has 0 bridgehead atoms. The van der Waals surface area contributed by atoms with Crippen LogP contribution in [0.2, 0.25) is 0 Å². The van der Waals surface area contributed by atoms with Crippen LogP contribution in [-0.4, -0.2) is 41.4 Å². The summed E-state index contributed by atoms with van der Waals surface area (Å²) in [6.07, 6.45) is 3.94. The number of aromatic nitrogens is 3. The third kappa shape index (κ3) is 6.74. The lowest BCUT2D eigenvalue weighted by atomic mass is 10.2. The van der Waals surface area contributed by atoms with Gasteiger partial charge < -0.3 is 18.6 Å². The van der Waals surface area contributed by atoms with E-state index in [1.807, 2.05) is 0 Å². The summed E-state index contributed by atoms with van der Waals surface area (Å²) in [7, 11) is 1.61. The predicted molar refractivity (Wildman–Crippen MR) is 132 cm³/mol. The minimum Gasteiger partial charge on any atom is -0.493 e. The number of hydrogen-bond donors (Lipinski definition) is 1. The number of benzene rings is 2. The summed E-state index contributed by atoms with van der Waals surface area (Å²) in [6, 6.07) is 11.9. The minimum absolute atomic E-state index is 0.153. The molecular formula is C25H23FN4O5S. The zero-order chi connectivity index (χ0) is 25.3. The Morgan fingerprint density at radius 3 is 2.67 bits per heavy atom. The molecule has 0 fully saturated rings. The lowest BCUT2D eigenvalue weighted by Crippen LogP contribution is -2.12. The van der Waals surface area contributed by atoms with Gasteiger partial charge in [-0.15, -0.1) is 16.8 Å². The number of thiazole rings is 1. The normalized spacial score (nSPS) is 10.7. The molecule has 4 rings (SSSR count). The average molecular weight is 511 g/mol. The highest BCUT2D eigenvalue weighted by molar-refractivity contribution is 7.14. The number of anilines is 1. The van der Waals surface area contributed by atoms with Gasteiger partial charge in [0.1, 0.15) is 17.2 Å². The van der Waals surface area contributed by atoms with Crippen LogP contribution in [0.25, 0.3) is 11.5 Å². The second-order valence-electron chi connectivity index (χ2n) is 7.41. The van der Waals surface area contributed by atoms with E-state index in [4.69, 9.17) is 18.6 Å². The topological polar surface area (TPSA) is 109 Å². The van der Waals surface area contributed by atoms with Crippen molar-refractivity contribution in [1.29, 1.82) is 0 Å². The van der Waals surface area contributed by atoms with Crippen molar-refractivity contribution in [3.8, 4) is 28.7 Å². The molecule has 2 heterocycles. The second-order valence-corrected chi connectivity index (χ2v) is 8.39. The van der Waals surface area contributed by atoms with Gasteiger partial charge in [-0.3, -0.25) is 10.1 Å². The van der Waals surface area contributed by atoms with Gasteiger partial charge in [0.05, 0.1) is 19.4 Å². The van der Waals surface area contributed by atoms with Gasteiger partial charge in [0.15, 0.2) is 10.3 Å². The molecule has 0 aliphatic rings. The van der Waals surface area contributed by atoms with Gasteiger partial charge in [0.2, 0.25) is 11.8 Å². The van der Waals surface area contributed by atoms with Crippen molar-refractivity contribution in [2.45, 2.75) is 12.8 Å². The number of rotatable bonds is 12. The molecule has 0 saturated heterocycles. The number of carbonyl (C=O) groups excluding carboxylic acids is 1. The number of nitrogens with zero attached hydrogens (tertiary/aromatic N) is 3. The van der Waals surface area contributed by atoms with Crippen molar-refractivity contribution in [2.75, 3.05) is 25.6 Å². The highest BCUT2D eigenvalue weighted by Crippen LogP contribution is 2.30. The monoisotopic (exact) mass is 510 g/mol. The van der Waals surface area contributed by atoms with Crippen molar-refractivity contribution >= 4 is 22.4 Å². The third-order valence-electron chi connectivity index (χ3n) is 4.75. The van der Waals surface area contributed by atoms with Gasteiger partial charge in [0, 0.05) is 30.7 Å². The van der Waals surface area contributed by atoms with Crippen molar-refractivity contribution in [3.63, 3.8) is 0 Å². The largest absolute Gasteiger partial charge is 0.493 e. The van der Waals surface area contributed by atoms with Crippen LogP contribution in [-0.2, 0) is 11.2 Å². The van der Waals surface area contributed by atoms with E-state index in [1.54, 1.807) is 55.7 Å². The first-order chi connectivity index (χ1) is 17.5. The van der Waals surface area contributed by atoms with Crippen LogP contribution in [0.5, 0.6) is 17.2 Å². The first-order valence-corrected chi connectivity index (χ1v) is 11.8. The van der Waals surface area contributed by atoms with E-state index in [0.717, 1.165) is 23.1 Å². The first kappa shape index (κ1) is 25.0. The summed E-state index contributed by atoms with van der Waals surface area (Å²) >= 11 is 0.737. The van der Waals surface area contributed by atoms with Crippen molar-refractivity contribution in [2.24, 2.45) is 0 Å². The van der Waals surface area contributed by atoms with Gasteiger partial charge in [-0.25, -0.2) is 4.98 Å². The molecule has 9 nitrogen and oxygen atoms in total. The Morgan fingerprint density at radius 1 is 1.14 bits per heavy atom. The molecular weight excluding hydrogens is 487 g/mol. The number of hydrogen-bond acceptors (Lipinski definition) is 9. The molecule has 36 heavy (non-hydrogen) atoms. The van der Waals surface area contributed by atoms with Crippen LogP contribution in [0.1, 0.15) is 22.7 Å². The van der Waals surface area contributed by atoms with E-state index in [1.165, 1.54) is 0 Å². The van der Waals surface area contributed by atoms with Crippen LogP contribution in [0, 0.1) is 5.13 Å². The molecule has 0 aliphatic heterocycles. The van der Waals surface area contributed by atoms with E-state index in [-0.39, 0.29) is 10.7 Å². The molecule has 0 aliphatic carbocycles. The zero-order valence-electron chi connectivity index (χ0n) is 19.4. The Morgan fingerprint density at radius 2 is 1.94 bits per heavy atom. The maximum absolute atomic E-state index is 13.2. The Labute approximate surface area is 210 Å². The molecule has 186 valence electrons. The van der Waals surface area contributed by atoms with E-state index >= 15 is 0 Å². The van der Waals surface area contributed by atoms with Crippen LogP contribution in [0.15, 0.2) is 65.7 Å². The molecule has 1 N–H and O–H groups in total. The molecule has 11 heteroatoms. The number of amides is 1. The summed E-state index contributed by atoms with van der Waals surface area (Å²) < 4.78 is 35.6. The van der Waals surface area contributed by atoms with E-state index in [0.29, 0.717) is 55.1 Å². The smallest absolute Gasteiger partial charge is 0.257 e. The number of nitrogens with one attached hydrogen (secondary N) is 1. The summed E-state index contributed by atoms with van der Waals surface area (Å²) in [5.41, 5.74) is 0.999. The van der Waals surface area contributed by atoms with E-state index in [2.05, 4.69) is 27.1 Å². The highest BCUT2D eigenvalue weighted by atomic mass is 32.1. The summed E-state index contributed by atoms with van der Waals surface area (Å²) in [5, 5.41) is 10.3. The summed E-state index contributed by atoms with van der Waals surface area (Å²) in [4.78, 5) is 16.6. The fraction of sp³-hybridized carbons (Fsp3) is 0.200. The van der Waals surface area contributed by atoms with Crippen LogP contribution >= 0.6 is 11.3 Å². The minimum atomic E-state index is -0.494. The molecule has 0 spiro atoms. The first-order valence-electron chi connectivity index (χ1n) is 10.9. The molecule has 0 atom stereocenters. The van der Waals surface area contributed by atoms with Crippen molar-refractivity contribution < 1.29 is 27.8 Å². The Kier molecular flexibility index (Phi) is 8.37. The fourth-order valence-corrected chi connectivity index (χ4v) is 3.59. The molecule has 2 aromatic carbocycles. The number of halogens is 1. The maximum atomic E-state index is 13.2. The molecule has 1 amide bonds. The Balaban J connectivity index is 1.50. The van der Waals surface area contributed by atoms with Crippen molar-refractivity contribution in [1.82, 2.24) is 15.2 Å². The quantitative estimate of drug-likeness (QED) is 0.196. The Bertz CT molecular complexity index is 1320. The van der Waals surface area contributed by atoms with Crippen LogP contribution in [0.4, 0.5) is 9.52 Å². The predicted octanol–water partition coefficient (Wildman–Crippen LogP) is 5.52. The average Bonchev–Trinajstić information content (AvgIpc) is 3.52. The van der Waals surface area contributed by atoms with Gasteiger partial charge in [-0.05, 0) is 42.8 Å². The lowest BCUT2D eigenvalue weighted by Gasteiger charge is -2.12. The third-order valence-corrected chi connectivity index (χ3v) is 5.46. The number of ether oxygens (including phenoxy) is 3. The SMILES string of the molecule is C=CCCOc1cc(Oc2ccc(-c3nnc(CCOC)o3)cc2)cc(C(=O)Nc2ncc(F)s2)c1. The lowest BCUT2D eigenvalue weighted by molar-refractivity contribution is 0.102. The van der Waals surface area contributed by atoms with E-state index in [9.17, 15) is 9.18 Å². The molecule has 2 aromatic heterocycles. The van der Waals surface area contributed by atoms with Gasteiger partial charge >= 0.3 is 0 Å². The highest BCUT2D eigenvalue weighted by Gasteiger charge is 2.14. The van der Waals surface area contributed by atoms with Crippen LogP contribution < -0.4 is 14.8 Å². The van der Waals surface area contributed by atoms with E-state index < -0.39 is 11.0 Å². The van der Waals surface area contributed by atoms with Crippen LogP contribution in [0.3, 0.4) is 0 Å². The number of methoxy groups -OCH3 is 1. The molecule has 0 saturated carbocycles. The number of carbonyl (C=O) groups is 1. The van der Waals surface area contributed by atoms with Crippen molar-refractivity contribution in [3.05, 3.63) is 77.9 Å². The van der Waals surface area contributed by atoms with Gasteiger partial charge in [-0.1, -0.05) is 17.4 Å². The second kappa shape index (κ2) is 12.0. The standard InChI is InChI=1S/C25H23FN4O5S/c1-3-4-10-33-19-12-17(23(31)28-25-27-15-21(26)36-25)13-20(14-19)34-18-7-5-16(6-8-18)24-30-29-22(35-24)9-11-32-2/h3,5-8,12-15H,1,4,9-11H2,2H3,(H,27,28,31). The Hall–Kier alpha value is -4.09. The fourth-order valence-electron chi connectivity index (χ4n) is 3.05. The zero-order valence-corrected chi connectivity index (χ0v) is 20.2. The van der Waals surface area contributed by atoms with Gasteiger partial charge in [-0.2, -0.15) is 4.39 Å². The summed E-state index contributed by atoms with van der Waals surface area (Å²) in [5.74, 6) is 1.76. The van der Waals surface area contributed by atoms with Gasteiger partial charge in [0.25, 0.3) is 5.91 Å². The molecule has 0 radical (unpaired) electrons.